The van der Waals surface area contributed by atoms with Crippen molar-refractivity contribution in [2.75, 3.05) is 0 Å². The second kappa shape index (κ2) is 11.2. The molecule has 0 spiro atoms. The fraction of sp³-hybridized carbons (Fsp3) is 0.556. The molecule has 0 heterocycles. The van der Waals surface area contributed by atoms with E-state index in [9.17, 15) is 17.6 Å². The molecule has 1 fully saturated rings. The Bertz CT molecular complexity index is 829. The Hall–Kier alpha value is -1.84. The Kier molecular flexibility index (Phi) is 8.57. The first kappa shape index (κ1) is 23.8. The summed E-state index contributed by atoms with van der Waals surface area (Å²) in [5, 5.41) is 0. The summed E-state index contributed by atoms with van der Waals surface area (Å²) < 4.78 is 54.4. The molecule has 0 N–H and O–H groups in total. The van der Waals surface area contributed by atoms with Crippen LogP contribution in [0.5, 0.6) is 0 Å². The molecule has 2 aromatic rings. The lowest BCUT2D eigenvalue weighted by Crippen LogP contribution is -2.21. The molecule has 0 saturated heterocycles. The van der Waals surface area contributed by atoms with E-state index in [1.165, 1.54) is 44.9 Å². The number of benzene rings is 2. The van der Waals surface area contributed by atoms with Crippen LogP contribution in [0.15, 0.2) is 30.3 Å². The Morgan fingerprint density at radius 3 is 2.10 bits per heavy atom. The van der Waals surface area contributed by atoms with E-state index >= 15 is 0 Å². The van der Waals surface area contributed by atoms with Gasteiger partial charge in [-0.05, 0) is 84.7 Å². The second-order valence-electron chi connectivity index (χ2n) is 9.40. The summed E-state index contributed by atoms with van der Waals surface area (Å²) in [5.41, 5.74) is 1.83. The van der Waals surface area contributed by atoms with Gasteiger partial charge < -0.3 is 0 Å². The summed E-state index contributed by atoms with van der Waals surface area (Å²) >= 11 is 0. The fourth-order valence-corrected chi connectivity index (χ4v) is 5.03. The molecule has 1 aliphatic rings. The van der Waals surface area contributed by atoms with Gasteiger partial charge in [0.2, 0.25) is 0 Å². The Morgan fingerprint density at radius 2 is 1.48 bits per heavy atom. The molecule has 1 atom stereocenters. The first-order valence-corrected chi connectivity index (χ1v) is 11.8. The van der Waals surface area contributed by atoms with E-state index in [2.05, 4.69) is 13.8 Å². The third-order valence-electron chi connectivity index (χ3n) is 7.06. The Morgan fingerprint density at radius 1 is 0.839 bits per heavy atom. The standard InChI is InChI=1S/C27H34F4/c1-3-4-5-19-6-10-22(11-7-19)18(2)14-20-8-12-23(24(28)15-20)13-9-21-16-25(29)27(31)26(30)17-21/h8,12,15-19,22H,3-7,9-11,13-14H2,1-2H3. The third kappa shape index (κ3) is 6.57. The Balaban J connectivity index is 1.52. The van der Waals surface area contributed by atoms with Gasteiger partial charge in [0, 0.05) is 0 Å². The summed E-state index contributed by atoms with van der Waals surface area (Å²) in [5.74, 6) is -2.04. The van der Waals surface area contributed by atoms with Gasteiger partial charge in [-0.3, -0.25) is 0 Å². The van der Waals surface area contributed by atoms with Gasteiger partial charge >= 0.3 is 0 Å². The van der Waals surface area contributed by atoms with Crippen molar-refractivity contribution in [3.8, 4) is 0 Å². The molecule has 4 heteroatoms. The number of halogens is 4. The van der Waals surface area contributed by atoms with Gasteiger partial charge in [-0.15, -0.1) is 0 Å². The molecule has 0 nitrogen and oxygen atoms in total. The first-order valence-electron chi connectivity index (χ1n) is 11.8. The average Bonchev–Trinajstić information content (AvgIpc) is 2.75. The molecule has 0 aromatic heterocycles. The quantitative estimate of drug-likeness (QED) is 0.276. The minimum atomic E-state index is -1.47. The molecule has 170 valence electrons. The van der Waals surface area contributed by atoms with Crippen LogP contribution < -0.4 is 0 Å². The zero-order valence-corrected chi connectivity index (χ0v) is 18.7. The van der Waals surface area contributed by atoms with Gasteiger partial charge in [-0.25, -0.2) is 17.6 Å². The van der Waals surface area contributed by atoms with Crippen LogP contribution >= 0.6 is 0 Å². The van der Waals surface area contributed by atoms with Gasteiger partial charge in [-0.2, -0.15) is 0 Å². The van der Waals surface area contributed by atoms with Crippen LogP contribution in [0.1, 0.15) is 75.5 Å². The maximum Gasteiger partial charge on any atom is 0.194 e. The number of hydrogen-bond acceptors (Lipinski definition) is 0. The van der Waals surface area contributed by atoms with Crippen molar-refractivity contribution in [3.05, 3.63) is 70.3 Å². The largest absolute Gasteiger partial charge is 0.207 e. The monoisotopic (exact) mass is 434 g/mol. The smallest absolute Gasteiger partial charge is 0.194 e. The maximum atomic E-state index is 14.6. The summed E-state index contributed by atoms with van der Waals surface area (Å²) in [4.78, 5) is 0. The highest BCUT2D eigenvalue weighted by atomic mass is 19.2. The van der Waals surface area contributed by atoms with E-state index < -0.39 is 17.5 Å². The summed E-state index contributed by atoms with van der Waals surface area (Å²) in [6.45, 7) is 4.53. The summed E-state index contributed by atoms with van der Waals surface area (Å²) in [6.07, 6.45) is 10.6. The van der Waals surface area contributed by atoms with Crippen molar-refractivity contribution in [1.29, 1.82) is 0 Å². The minimum Gasteiger partial charge on any atom is -0.207 e. The lowest BCUT2D eigenvalue weighted by Gasteiger charge is -2.32. The van der Waals surface area contributed by atoms with E-state index in [1.807, 2.05) is 6.07 Å². The maximum absolute atomic E-state index is 14.6. The van der Waals surface area contributed by atoms with E-state index in [0.717, 1.165) is 30.0 Å². The van der Waals surface area contributed by atoms with Crippen molar-refractivity contribution in [2.24, 2.45) is 17.8 Å². The van der Waals surface area contributed by atoms with Crippen LogP contribution in [0, 0.1) is 41.0 Å². The van der Waals surface area contributed by atoms with E-state index in [4.69, 9.17) is 0 Å². The SMILES string of the molecule is CCCCC1CCC(C(C)Cc2ccc(CCc3cc(F)c(F)c(F)c3)c(F)c2)CC1. The van der Waals surface area contributed by atoms with Gasteiger partial charge in [0.05, 0.1) is 0 Å². The molecule has 1 aliphatic carbocycles. The number of unbranched alkanes of at least 4 members (excludes halogenated alkanes) is 1. The predicted molar refractivity (Wildman–Crippen MR) is 118 cm³/mol. The number of hydrogen-bond donors (Lipinski definition) is 0. The lowest BCUT2D eigenvalue weighted by atomic mass is 9.73. The van der Waals surface area contributed by atoms with E-state index in [-0.39, 0.29) is 12.2 Å². The van der Waals surface area contributed by atoms with Gasteiger partial charge in [-0.1, -0.05) is 58.1 Å². The van der Waals surface area contributed by atoms with Crippen LogP contribution in [-0.2, 0) is 19.3 Å². The highest BCUT2D eigenvalue weighted by molar-refractivity contribution is 5.27. The lowest BCUT2D eigenvalue weighted by molar-refractivity contribution is 0.204. The van der Waals surface area contributed by atoms with Gasteiger partial charge in [0.25, 0.3) is 0 Å². The van der Waals surface area contributed by atoms with Crippen molar-refractivity contribution in [2.45, 2.75) is 78.1 Å². The molecular formula is C27H34F4. The zero-order chi connectivity index (χ0) is 22.4. The molecule has 31 heavy (non-hydrogen) atoms. The van der Waals surface area contributed by atoms with Crippen LogP contribution in [0.2, 0.25) is 0 Å². The Labute approximate surface area is 184 Å². The van der Waals surface area contributed by atoms with Crippen LogP contribution in [0.25, 0.3) is 0 Å². The molecule has 0 amide bonds. The van der Waals surface area contributed by atoms with Gasteiger partial charge in [0.1, 0.15) is 5.82 Å². The highest BCUT2D eigenvalue weighted by Gasteiger charge is 2.25. The molecule has 1 saturated carbocycles. The van der Waals surface area contributed by atoms with Gasteiger partial charge in [0.15, 0.2) is 17.5 Å². The third-order valence-corrected chi connectivity index (χ3v) is 7.06. The topological polar surface area (TPSA) is 0 Å². The summed E-state index contributed by atoms with van der Waals surface area (Å²) in [6, 6.07) is 7.29. The van der Waals surface area contributed by atoms with Crippen LogP contribution in [0.4, 0.5) is 17.6 Å². The van der Waals surface area contributed by atoms with Crippen molar-refractivity contribution >= 4 is 0 Å². The molecule has 1 unspecified atom stereocenters. The van der Waals surface area contributed by atoms with Crippen molar-refractivity contribution in [3.63, 3.8) is 0 Å². The normalized spacial score (nSPS) is 20.1. The number of rotatable bonds is 9. The van der Waals surface area contributed by atoms with E-state index in [0.29, 0.717) is 29.4 Å². The van der Waals surface area contributed by atoms with Crippen molar-refractivity contribution in [1.82, 2.24) is 0 Å². The predicted octanol–water partition coefficient (Wildman–Crippen LogP) is 8.20. The molecule has 3 rings (SSSR count). The van der Waals surface area contributed by atoms with Crippen molar-refractivity contribution < 1.29 is 17.6 Å². The molecule has 0 radical (unpaired) electrons. The minimum absolute atomic E-state index is 0.252. The zero-order valence-electron chi connectivity index (χ0n) is 18.7. The second-order valence-corrected chi connectivity index (χ2v) is 9.40. The highest BCUT2D eigenvalue weighted by Crippen LogP contribution is 2.36. The molecule has 2 aromatic carbocycles. The average molecular weight is 435 g/mol. The van der Waals surface area contributed by atoms with Crippen LogP contribution in [-0.4, -0.2) is 0 Å². The first-order chi connectivity index (χ1) is 14.9. The molecular weight excluding hydrogens is 400 g/mol. The van der Waals surface area contributed by atoms with E-state index in [1.54, 1.807) is 12.1 Å². The molecule has 0 bridgehead atoms. The summed E-state index contributed by atoms with van der Waals surface area (Å²) in [7, 11) is 0. The molecule has 0 aliphatic heterocycles. The fourth-order valence-electron chi connectivity index (χ4n) is 5.03. The van der Waals surface area contributed by atoms with Crippen LogP contribution in [0.3, 0.4) is 0 Å². The number of aryl methyl sites for hydroxylation is 2.